The van der Waals surface area contributed by atoms with Gasteiger partial charge in [0.05, 0.1) is 20.7 Å². The van der Waals surface area contributed by atoms with Gasteiger partial charge in [-0.2, -0.15) is 0 Å². The monoisotopic (exact) mass is 257 g/mol. The Morgan fingerprint density at radius 2 is 2.25 bits per heavy atom. The summed E-state index contributed by atoms with van der Waals surface area (Å²) in [5.41, 5.74) is 1.10. The fourth-order valence-corrected chi connectivity index (χ4v) is 3.95. The minimum atomic E-state index is -0.934. The molecule has 1 aromatic carbocycles. The summed E-state index contributed by atoms with van der Waals surface area (Å²) in [5, 5.41) is 4.12. The third kappa shape index (κ3) is 2.31. The van der Waals surface area contributed by atoms with E-state index in [1.807, 2.05) is 18.2 Å². The second kappa shape index (κ2) is 4.86. The molecule has 88 valence electrons. The second-order valence-corrected chi connectivity index (χ2v) is 6.29. The Morgan fingerprint density at radius 1 is 1.50 bits per heavy atom. The summed E-state index contributed by atoms with van der Waals surface area (Å²) in [5.74, 6) is 0.696. The molecular formula is C12H16ClNOS. The largest absolute Gasteiger partial charge is 0.308 e. The van der Waals surface area contributed by atoms with Crippen molar-refractivity contribution in [1.29, 1.82) is 0 Å². The number of benzene rings is 1. The van der Waals surface area contributed by atoms with E-state index in [0.29, 0.717) is 16.8 Å². The Morgan fingerprint density at radius 3 is 2.94 bits per heavy atom. The second-order valence-electron chi connectivity index (χ2n) is 4.37. The van der Waals surface area contributed by atoms with Gasteiger partial charge in [0, 0.05) is 17.8 Å². The van der Waals surface area contributed by atoms with Crippen LogP contribution in [0.1, 0.15) is 31.9 Å². The highest BCUT2D eigenvalue weighted by Crippen LogP contribution is 2.34. The summed E-state index contributed by atoms with van der Waals surface area (Å²) in [7, 11) is -0.934. The fraction of sp³-hybridized carbons (Fsp3) is 0.500. The molecule has 2 atom stereocenters. The first-order valence-corrected chi connectivity index (χ1v) is 7.22. The fourth-order valence-electron chi connectivity index (χ4n) is 2.10. The van der Waals surface area contributed by atoms with Crippen molar-refractivity contribution in [3.63, 3.8) is 0 Å². The van der Waals surface area contributed by atoms with Gasteiger partial charge in [0.25, 0.3) is 0 Å². The van der Waals surface area contributed by atoms with Crippen molar-refractivity contribution in [2.24, 2.45) is 0 Å². The van der Waals surface area contributed by atoms with Crippen LogP contribution in [-0.2, 0) is 10.8 Å². The molecule has 1 heterocycles. The van der Waals surface area contributed by atoms with Crippen molar-refractivity contribution in [1.82, 2.24) is 5.32 Å². The molecule has 4 heteroatoms. The molecule has 0 amide bonds. The van der Waals surface area contributed by atoms with E-state index in [9.17, 15) is 4.21 Å². The number of rotatable bonds is 2. The van der Waals surface area contributed by atoms with Crippen molar-refractivity contribution >= 4 is 22.4 Å². The van der Waals surface area contributed by atoms with E-state index in [0.717, 1.165) is 16.9 Å². The summed E-state index contributed by atoms with van der Waals surface area (Å²) in [4.78, 5) is 0.827. The van der Waals surface area contributed by atoms with Crippen LogP contribution in [0.4, 0.5) is 0 Å². The van der Waals surface area contributed by atoms with Crippen LogP contribution >= 0.6 is 11.6 Å². The molecule has 0 fully saturated rings. The predicted molar refractivity (Wildman–Crippen MR) is 68.4 cm³/mol. The molecular weight excluding hydrogens is 242 g/mol. The van der Waals surface area contributed by atoms with Gasteiger partial charge in [-0.25, -0.2) is 0 Å². The molecule has 0 saturated carbocycles. The van der Waals surface area contributed by atoms with Gasteiger partial charge in [0.15, 0.2) is 0 Å². The zero-order chi connectivity index (χ0) is 11.7. The summed E-state index contributed by atoms with van der Waals surface area (Å²) in [6, 6.07) is 6.47. The first-order valence-electron chi connectivity index (χ1n) is 5.52. The standard InChI is InChI=1S/C12H16ClNOS/c1-8(2)14-11-6-7-16(15)12-9(11)4-3-5-10(12)13/h3-5,8,11,14H,6-7H2,1-2H3. The van der Waals surface area contributed by atoms with E-state index in [1.165, 1.54) is 0 Å². The first-order chi connectivity index (χ1) is 7.59. The predicted octanol–water partition coefficient (Wildman–Crippen LogP) is 2.89. The molecule has 1 aliphatic heterocycles. The maximum atomic E-state index is 11.9. The third-order valence-electron chi connectivity index (χ3n) is 2.73. The van der Waals surface area contributed by atoms with Crippen LogP contribution in [0.2, 0.25) is 5.02 Å². The first kappa shape index (κ1) is 12.1. The van der Waals surface area contributed by atoms with Gasteiger partial charge < -0.3 is 5.32 Å². The quantitative estimate of drug-likeness (QED) is 0.883. The van der Waals surface area contributed by atoms with Crippen molar-refractivity contribution in [3.05, 3.63) is 28.8 Å². The number of hydrogen-bond acceptors (Lipinski definition) is 2. The number of fused-ring (bicyclic) bond motifs is 1. The van der Waals surface area contributed by atoms with Crippen molar-refractivity contribution in [2.75, 3.05) is 5.75 Å². The highest BCUT2D eigenvalue weighted by Gasteiger charge is 2.26. The summed E-state index contributed by atoms with van der Waals surface area (Å²) >= 11 is 6.12. The van der Waals surface area contributed by atoms with Crippen LogP contribution < -0.4 is 5.32 Å². The molecule has 1 N–H and O–H groups in total. The van der Waals surface area contributed by atoms with E-state index >= 15 is 0 Å². The summed E-state index contributed by atoms with van der Waals surface area (Å²) in [6.45, 7) is 4.24. The van der Waals surface area contributed by atoms with E-state index < -0.39 is 10.8 Å². The lowest BCUT2D eigenvalue weighted by atomic mass is 10.0. The van der Waals surface area contributed by atoms with E-state index in [1.54, 1.807) is 0 Å². The van der Waals surface area contributed by atoms with E-state index in [4.69, 9.17) is 11.6 Å². The van der Waals surface area contributed by atoms with Gasteiger partial charge in [-0.1, -0.05) is 37.6 Å². The smallest absolute Gasteiger partial charge is 0.0622 e. The van der Waals surface area contributed by atoms with Crippen LogP contribution in [0.3, 0.4) is 0 Å². The molecule has 0 radical (unpaired) electrons. The molecule has 16 heavy (non-hydrogen) atoms. The molecule has 2 unspecified atom stereocenters. The Kier molecular flexibility index (Phi) is 3.67. The van der Waals surface area contributed by atoms with Crippen LogP contribution in [0.15, 0.2) is 23.1 Å². The van der Waals surface area contributed by atoms with Crippen molar-refractivity contribution < 1.29 is 4.21 Å². The molecule has 0 bridgehead atoms. The highest BCUT2D eigenvalue weighted by atomic mass is 35.5. The van der Waals surface area contributed by atoms with Crippen molar-refractivity contribution in [3.8, 4) is 0 Å². The molecule has 2 rings (SSSR count). The lowest BCUT2D eigenvalue weighted by Crippen LogP contribution is -2.32. The minimum absolute atomic E-state index is 0.284. The Balaban J connectivity index is 2.40. The molecule has 0 saturated heterocycles. The van der Waals surface area contributed by atoms with Gasteiger partial charge in [-0.15, -0.1) is 0 Å². The average molecular weight is 258 g/mol. The minimum Gasteiger partial charge on any atom is -0.308 e. The van der Waals surface area contributed by atoms with Crippen LogP contribution in [-0.4, -0.2) is 16.0 Å². The number of halogens is 1. The zero-order valence-corrected chi connectivity index (χ0v) is 11.1. The third-order valence-corrected chi connectivity index (χ3v) is 4.67. The lowest BCUT2D eigenvalue weighted by Gasteiger charge is -2.28. The van der Waals surface area contributed by atoms with E-state index in [-0.39, 0.29) is 6.04 Å². The Hall–Kier alpha value is -0.380. The topological polar surface area (TPSA) is 29.1 Å². The zero-order valence-electron chi connectivity index (χ0n) is 9.50. The van der Waals surface area contributed by atoms with Crippen LogP contribution in [0, 0.1) is 0 Å². The van der Waals surface area contributed by atoms with E-state index in [2.05, 4.69) is 19.2 Å². The summed E-state index contributed by atoms with van der Waals surface area (Å²) in [6.07, 6.45) is 0.915. The molecule has 1 aromatic rings. The molecule has 0 aromatic heterocycles. The molecule has 2 nitrogen and oxygen atoms in total. The maximum absolute atomic E-state index is 11.9. The maximum Gasteiger partial charge on any atom is 0.0622 e. The van der Waals surface area contributed by atoms with Crippen LogP contribution in [0.5, 0.6) is 0 Å². The SMILES string of the molecule is CC(C)NC1CCS(=O)c2c(Cl)cccc21. The number of nitrogens with one attached hydrogen (secondary N) is 1. The van der Waals surface area contributed by atoms with Crippen molar-refractivity contribution in [2.45, 2.75) is 37.2 Å². The van der Waals surface area contributed by atoms with Gasteiger partial charge >= 0.3 is 0 Å². The Labute approximate surface area is 104 Å². The lowest BCUT2D eigenvalue weighted by molar-refractivity contribution is 0.456. The highest BCUT2D eigenvalue weighted by molar-refractivity contribution is 7.85. The van der Waals surface area contributed by atoms with Gasteiger partial charge in [-0.05, 0) is 18.1 Å². The van der Waals surface area contributed by atoms with Crippen LogP contribution in [0.25, 0.3) is 0 Å². The van der Waals surface area contributed by atoms with Gasteiger partial charge in [0.1, 0.15) is 0 Å². The van der Waals surface area contributed by atoms with Gasteiger partial charge in [0.2, 0.25) is 0 Å². The average Bonchev–Trinajstić information content (AvgIpc) is 2.22. The Bertz CT molecular complexity index is 419. The number of hydrogen-bond donors (Lipinski definition) is 1. The molecule has 1 aliphatic rings. The normalized spacial score (nSPS) is 24.5. The van der Waals surface area contributed by atoms with Gasteiger partial charge in [-0.3, -0.25) is 4.21 Å². The molecule has 0 aliphatic carbocycles. The molecule has 0 spiro atoms. The summed E-state index contributed by atoms with van der Waals surface area (Å²) < 4.78 is 11.9.